The van der Waals surface area contributed by atoms with Crippen molar-refractivity contribution in [2.75, 3.05) is 5.32 Å². The van der Waals surface area contributed by atoms with Crippen LogP contribution in [-0.2, 0) is 6.54 Å². The highest BCUT2D eigenvalue weighted by Gasteiger charge is 2.28. The number of anilines is 2. The van der Waals surface area contributed by atoms with Gasteiger partial charge in [0.2, 0.25) is 5.95 Å². The normalized spacial score (nSPS) is 14.6. The summed E-state index contributed by atoms with van der Waals surface area (Å²) in [5, 5.41) is 9.60. The maximum Gasteiger partial charge on any atom is 0.227 e. The molecule has 0 spiro atoms. The smallest absolute Gasteiger partial charge is 0.227 e. The minimum Gasteiger partial charge on any atom is -0.326 e. The van der Waals surface area contributed by atoms with Crippen LogP contribution in [0.2, 0.25) is 0 Å². The molecule has 1 aliphatic carbocycles. The van der Waals surface area contributed by atoms with Crippen molar-refractivity contribution in [2.24, 2.45) is 5.73 Å². The Morgan fingerprint density at radius 2 is 1.73 bits per heavy atom. The van der Waals surface area contributed by atoms with Crippen LogP contribution >= 0.6 is 0 Å². The van der Waals surface area contributed by atoms with Crippen LogP contribution in [0.5, 0.6) is 0 Å². The molecule has 0 bridgehead atoms. The third kappa shape index (κ3) is 4.03. The molecule has 1 heterocycles. The molecule has 1 unspecified atom stereocenters. The molecule has 1 atom stereocenters. The maximum atomic E-state index is 5.69. The van der Waals surface area contributed by atoms with Crippen LogP contribution in [0.1, 0.15) is 35.7 Å². The molecule has 0 saturated heterocycles. The van der Waals surface area contributed by atoms with Crippen LogP contribution in [-0.4, -0.2) is 16.0 Å². The van der Waals surface area contributed by atoms with Gasteiger partial charge >= 0.3 is 0 Å². The summed E-state index contributed by atoms with van der Waals surface area (Å²) in [6.45, 7) is 0.534. The lowest BCUT2D eigenvalue weighted by Crippen LogP contribution is -2.25. The van der Waals surface area contributed by atoms with Gasteiger partial charge in [0.25, 0.3) is 0 Å². The average molecular weight is 396 g/mol. The predicted molar refractivity (Wildman–Crippen MR) is 122 cm³/mol. The number of aromatic nitrogens is 2. The third-order valence-corrected chi connectivity index (χ3v) is 5.53. The zero-order valence-electron chi connectivity index (χ0n) is 16.8. The summed E-state index contributed by atoms with van der Waals surface area (Å²) >= 11 is 0. The van der Waals surface area contributed by atoms with Gasteiger partial charge in [0.1, 0.15) is 0 Å². The van der Waals surface area contributed by atoms with Gasteiger partial charge in [0.05, 0.1) is 11.7 Å². The summed E-state index contributed by atoms with van der Waals surface area (Å²) in [5.41, 5.74) is 9.95. The Morgan fingerprint density at radius 3 is 2.53 bits per heavy atom. The molecule has 5 nitrogen and oxygen atoms in total. The lowest BCUT2D eigenvalue weighted by Gasteiger charge is -2.21. The number of nitrogens with one attached hydrogen (secondary N) is 2. The lowest BCUT2D eigenvalue weighted by atomic mass is 9.96. The van der Waals surface area contributed by atoms with Gasteiger partial charge in [-0.2, -0.15) is 0 Å². The molecule has 3 aromatic carbocycles. The largest absolute Gasteiger partial charge is 0.326 e. The minimum atomic E-state index is 0.0202. The van der Waals surface area contributed by atoms with Crippen LogP contribution in [0.15, 0.2) is 79.0 Å². The standard InChI is InChI=1S/C25H25N5/c26-16-17-8-10-20(11-9-17)29-25-27-15-14-23(30-25)24(28-19-12-13-19)22-7-3-5-18-4-1-2-6-21(18)22/h1-11,14-15,19,24,28H,12-13,16,26H2,(H,27,29,30). The molecule has 5 heteroatoms. The fourth-order valence-corrected chi connectivity index (χ4v) is 3.77. The zero-order valence-corrected chi connectivity index (χ0v) is 16.8. The van der Waals surface area contributed by atoms with Crippen LogP contribution in [0, 0.1) is 0 Å². The molecule has 30 heavy (non-hydrogen) atoms. The SMILES string of the molecule is NCc1ccc(Nc2nccc(C(NC3CC3)c3cccc4ccccc34)n2)cc1. The van der Waals surface area contributed by atoms with Gasteiger partial charge in [-0.05, 0) is 52.9 Å². The first-order valence-electron chi connectivity index (χ1n) is 10.4. The molecule has 1 aliphatic rings. The van der Waals surface area contributed by atoms with E-state index in [0.717, 1.165) is 16.9 Å². The van der Waals surface area contributed by atoms with Crippen LogP contribution in [0.4, 0.5) is 11.6 Å². The van der Waals surface area contributed by atoms with Gasteiger partial charge in [-0.3, -0.25) is 0 Å². The summed E-state index contributed by atoms with van der Waals surface area (Å²) in [7, 11) is 0. The Hall–Kier alpha value is -3.28. The van der Waals surface area contributed by atoms with Crippen molar-refractivity contribution in [1.82, 2.24) is 15.3 Å². The van der Waals surface area contributed by atoms with Crippen molar-refractivity contribution in [3.05, 3.63) is 95.8 Å². The number of benzene rings is 3. The van der Waals surface area contributed by atoms with Crippen molar-refractivity contribution in [2.45, 2.75) is 31.5 Å². The fraction of sp³-hybridized carbons (Fsp3) is 0.200. The van der Waals surface area contributed by atoms with Gasteiger partial charge < -0.3 is 16.4 Å². The van der Waals surface area contributed by atoms with Crippen LogP contribution < -0.4 is 16.4 Å². The molecule has 0 aliphatic heterocycles. The highest BCUT2D eigenvalue weighted by Crippen LogP contribution is 2.32. The Bertz CT molecular complexity index is 1150. The monoisotopic (exact) mass is 395 g/mol. The fourth-order valence-electron chi connectivity index (χ4n) is 3.77. The first-order chi connectivity index (χ1) is 14.8. The molecule has 1 saturated carbocycles. The second-order valence-corrected chi connectivity index (χ2v) is 7.77. The number of nitrogens with zero attached hydrogens (tertiary/aromatic N) is 2. The molecule has 5 rings (SSSR count). The van der Waals surface area contributed by atoms with E-state index < -0.39 is 0 Å². The number of hydrogen-bond donors (Lipinski definition) is 3. The Morgan fingerprint density at radius 1 is 0.933 bits per heavy atom. The number of hydrogen-bond acceptors (Lipinski definition) is 5. The van der Waals surface area contributed by atoms with E-state index in [0.29, 0.717) is 18.5 Å². The van der Waals surface area contributed by atoms with Crippen molar-refractivity contribution >= 4 is 22.4 Å². The first-order valence-corrected chi connectivity index (χ1v) is 10.4. The van der Waals surface area contributed by atoms with E-state index in [4.69, 9.17) is 10.7 Å². The second-order valence-electron chi connectivity index (χ2n) is 7.77. The van der Waals surface area contributed by atoms with E-state index >= 15 is 0 Å². The molecule has 1 aromatic heterocycles. The molecular formula is C25H25N5. The van der Waals surface area contributed by atoms with Crippen molar-refractivity contribution in [3.8, 4) is 0 Å². The van der Waals surface area contributed by atoms with Crippen molar-refractivity contribution in [1.29, 1.82) is 0 Å². The Labute approximate surface area is 176 Å². The number of nitrogens with two attached hydrogens (primary N) is 1. The van der Waals surface area contributed by atoms with E-state index in [1.54, 1.807) is 0 Å². The minimum absolute atomic E-state index is 0.0202. The van der Waals surface area contributed by atoms with E-state index in [9.17, 15) is 0 Å². The molecule has 4 aromatic rings. The molecular weight excluding hydrogens is 370 g/mol. The van der Waals surface area contributed by atoms with Gasteiger partial charge in [-0.1, -0.05) is 54.6 Å². The highest BCUT2D eigenvalue weighted by atomic mass is 15.1. The number of rotatable bonds is 7. The summed E-state index contributed by atoms with van der Waals surface area (Å²) in [5.74, 6) is 0.593. The average Bonchev–Trinajstić information content (AvgIpc) is 3.62. The summed E-state index contributed by atoms with van der Waals surface area (Å²) < 4.78 is 0. The molecule has 0 radical (unpaired) electrons. The Kier molecular flexibility index (Phi) is 5.13. The first kappa shape index (κ1) is 18.7. The van der Waals surface area contributed by atoms with Crippen LogP contribution in [0.25, 0.3) is 10.8 Å². The van der Waals surface area contributed by atoms with Gasteiger partial charge in [0, 0.05) is 24.5 Å². The predicted octanol–water partition coefficient (Wildman–Crippen LogP) is 4.67. The maximum absolute atomic E-state index is 5.69. The summed E-state index contributed by atoms with van der Waals surface area (Å²) in [4.78, 5) is 9.30. The summed E-state index contributed by atoms with van der Waals surface area (Å²) in [6, 6.07) is 25.6. The van der Waals surface area contributed by atoms with Gasteiger partial charge in [-0.15, -0.1) is 0 Å². The number of fused-ring (bicyclic) bond motifs is 1. The molecule has 4 N–H and O–H groups in total. The van der Waals surface area contributed by atoms with Crippen molar-refractivity contribution < 1.29 is 0 Å². The van der Waals surface area contributed by atoms with Crippen LogP contribution in [0.3, 0.4) is 0 Å². The lowest BCUT2D eigenvalue weighted by molar-refractivity contribution is 0.590. The quantitative estimate of drug-likeness (QED) is 0.424. The molecule has 1 fully saturated rings. The van der Waals surface area contributed by atoms with E-state index in [2.05, 4.69) is 58.1 Å². The van der Waals surface area contributed by atoms with Crippen molar-refractivity contribution in [3.63, 3.8) is 0 Å². The van der Waals surface area contributed by atoms with E-state index in [1.165, 1.54) is 29.2 Å². The highest BCUT2D eigenvalue weighted by molar-refractivity contribution is 5.86. The van der Waals surface area contributed by atoms with Gasteiger partial charge in [-0.25, -0.2) is 9.97 Å². The van der Waals surface area contributed by atoms with Gasteiger partial charge in [0.15, 0.2) is 0 Å². The van der Waals surface area contributed by atoms with E-state index in [1.807, 2.05) is 36.5 Å². The van der Waals surface area contributed by atoms with E-state index in [-0.39, 0.29) is 6.04 Å². The molecule has 150 valence electrons. The summed E-state index contributed by atoms with van der Waals surface area (Å²) in [6.07, 6.45) is 4.25. The topological polar surface area (TPSA) is 75.9 Å². The third-order valence-electron chi connectivity index (χ3n) is 5.53. The molecule has 0 amide bonds. The Balaban J connectivity index is 1.49. The second kappa shape index (κ2) is 8.22. The zero-order chi connectivity index (χ0) is 20.3.